The second kappa shape index (κ2) is 4.11. The van der Waals surface area contributed by atoms with Gasteiger partial charge in [-0.05, 0) is 0 Å². The van der Waals surface area contributed by atoms with Crippen molar-refractivity contribution in [2.24, 2.45) is 0 Å². The quantitative estimate of drug-likeness (QED) is 0.218. The van der Waals surface area contributed by atoms with E-state index < -0.39 is 37.0 Å². The van der Waals surface area contributed by atoms with E-state index in [-0.39, 0.29) is 0 Å². The number of carbonyl (C=O) groups excluding carboxylic acids is 3. The molecule has 1 aliphatic rings. The van der Waals surface area contributed by atoms with Crippen molar-refractivity contribution < 1.29 is 24.6 Å². The summed E-state index contributed by atoms with van der Waals surface area (Å²) >= 11 is 0. The van der Waals surface area contributed by atoms with Gasteiger partial charge in [-0.15, -0.1) is 0 Å². The van der Waals surface area contributed by atoms with Crippen molar-refractivity contribution in [2.75, 3.05) is 13.3 Å². The van der Waals surface area contributed by atoms with Crippen LogP contribution >= 0.6 is 0 Å². The van der Waals surface area contributed by atoms with Crippen LogP contribution in [0.2, 0.25) is 0 Å². The fraction of sp³-hybridized carbons (Fsp3) is 0.500. The minimum atomic E-state index is -1.88. The molecule has 0 radical (unpaired) electrons. The molecule has 9 heteroatoms. The third kappa shape index (κ3) is 2.14. The molecule has 0 aromatic heterocycles. The van der Waals surface area contributed by atoms with Crippen LogP contribution in [0.3, 0.4) is 0 Å². The van der Waals surface area contributed by atoms with E-state index >= 15 is 0 Å². The maximum absolute atomic E-state index is 11.2. The van der Waals surface area contributed by atoms with Crippen molar-refractivity contribution in [1.82, 2.24) is 21.3 Å². The molecule has 0 aromatic rings. The Balaban J connectivity index is 2.73. The van der Waals surface area contributed by atoms with E-state index in [1.54, 1.807) is 0 Å². The number of aliphatic hydroxyl groups is 2. The standard InChI is InChI=1S/C6H10N4O5/c11-1-6(9-4(14)7-2-12)3(13)8-5(15)10-6/h11-12H,1-2H2,(H2,7,9,14)(H2,8,10,13,15). The van der Waals surface area contributed by atoms with Crippen LogP contribution in [0.15, 0.2) is 0 Å². The van der Waals surface area contributed by atoms with Gasteiger partial charge in [-0.3, -0.25) is 10.1 Å². The normalized spacial score (nSPS) is 24.4. The monoisotopic (exact) mass is 218 g/mol. The number of hydrogen-bond donors (Lipinski definition) is 6. The Bertz CT molecular complexity index is 306. The number of hydrogen-bond acceptors (Lipinski definition) is 5. The molecule has 1 saturated heterocycles. The molecule has 15 heavy (non-hydrogen) atoms. The van der Waals surface area contributed by atoms with Crippen LogP contribution in [0, 0.1) is 0 Å². The fourth-order valence-corrected chi connectivity index (χ4v) is 1.04. The number of urea groups is 2. The van der Waals surface area contributed by atoms with Gasteiger partial charge < -0.3 is 26.2 Å². The van der Waals surface area contributed by atoms with E-state index in [1.165, 1.54) is 0 Å². The van der Waals surface area contributed by atoms with Gasteiger partial charge in [-0.2, -0.15) is 0 Å². The first-order valence-electron chi connectivity index (χ1n) is 3.95. The molecule has 0 aliphatic carbocycles. The summed E-state index contributed by atoms with van der Waals surface area (Å²) in [6.07, 6.45) is 0. The molecule has 1 atom stereocenters. The molecule has 6 N–H and O–H groups in total. The van der Waals surface area contributed by atoms with E-state index in [1.807, 2.05) is 16.0 Å². The minimum absolute atomic E-state index is 0.636. The zero-order valence-corrected chi connectivity index (χ0v) is 7.53. The Morgan fingerprint density at radius 2 is 2.07 bits per heavy atom. The summed E-state index contributed by atoms with van der Waals surface area (Å²) in [6.45, 7) is -1.44. The SMILES string of the molecule is O=C(NCO)NC1(CO)NC(=O)NC1=O. The molecular weight excluding hydrogens is 208 g/mol. The lowest BCUT2D eigenvalue weighted by Gasteiger charge is -2.24. The zero-order valence-electron chi connectivity index (χ0n) is 7.53. The summed E-state index contributed by atoms with van der Waals surface area (Å²) < 4.78 is 0. The second-order valence-corrected chi connectivity index (χ2v) is 2.76. The van der Waals surface area contributed by atoms with Gasteiger partial charge in [-0.25, -0.2) is 9.59 Å². The van der Waals surface area contributed by atoms with Crippen LogP contribution in [0.1, 0.15) is 0 Å². The van der Waals surface area contributed by atoms with Gasteiger partial charge in [0.2, 0.25) is 5.66 Å². The van der Waals surface area contributed by atoms with Crippen LogP contribution in [0.4, 0.5) is 9.59 Å². The van der Waals surface area contributed by atoms with Crippen molar-refractivity contribution in [3.63, 3.8) is 0 Å². The molecule has 9 nitrogen and oxygen atoms in total. The van der Waals surface area contributed by atoms with E-state index in [0.29, 0.717) is 0 Å². The molecule has 1 unspecified atom stereocenters. The Labute approximate surface area is 83.8 Å². The molecule has 84 valence electrons. The molecule has 1 heterocycles. The summed E-state index contributed by atoms with van der Waals surface area (Å²) in [5, 5.41) is 25.2. The smallest absolute Gasteiger partial charge is 0.323 e. The Morgan fingerprint density at radius 1 is 1.40 bits per heavy atom. The average molecular weight is 218 g/mol. The molecule has 5 amide bonds. The van der Waals surface area contributed by atoms with Crippen LogP contribution in [-0.4, -0.2) is 47.2 Å². The van der Waals surface area contributed by atoms with Gasteiger partial charge in [0.05, 0.1) is 6.61 Å². The number of rotatable bonds is 3. The zero-order chi connectivity index (χ0) is 11.5. The van der Waals surface area contributed by atoms with Gasteiger partial charge in [0.25, 0.3) is 5.91 Å². The average Bonchev–Trinajstić information content (AvgIpc) is 2.42. The predicted molar refractivity (Wildman–Crippen MR) is 45.2 cm³/mol. The van der Waals surface area contributed by atoms with E-state index in [2.05, 4.69) is 5.32 Å². The Morgan fingerprint density at radius 3 is 2.47 bits per heavy atom. The highest BCUT2D eigenvalue weighted by Gasteiger charge is 2.47. The van der Waals surface area contributed by atoms with Gasteiger partial charge in [0, 0.05) is 0 Å². The molecular formula is C6H10N4O5. The maximum Gasteiger partial charge on any atom is 0.323 e. The lowest BCUT2D eigenvalue weighted by molar-refractivity contribution is -0.126. The first-order chi connectivity index (χ1) is 7.04. The molecule has 0 spiro atoms. The molecule has 0 aromatic carbocycles. The predicted octanol–water partition coefficient (Wildman–Crippen LogP) is -3.24. The highest BCUT2D eigenvalue weighted by molar-refractivity contribution is 6.08. The van der Waals surface area contributed by atoms with Crippen molar-refractivity contribution in [3.8, 4) is 0 Å². The largest absolute Gasteiger partial charge is 0.391 e. The first kappa shape index (κ1) is 11.2. The number of nitrogens with one attached hydrogen (secondary N) is 4. The second-order valence-electron chi connectivity index (χ2n) is 2.76. The third-order valence-electron chi connectivity index (χ3n) is 1.75. The van der Waals surface area contributed by atoms with Crippen molar-refractivity contribution in [1.29, 1.82) is 0 Å². The van der Waals surface area contributed by atoms with Gasteiger partial charge in [0.15, 0.2) is 0 Å². The van der Waals surface area contributed by atoms with Crippen molar-refractivity contribution in [2.45, 2.75) is 5.66 Å². The summed E-state index contributed by atoms with van der Waals surface area (Å²) in [5.41, 5.74) is -1.88. The Kier molecular flexibility index (Phi) is 3.07. The van der Waals surface area contributed by atoms with Crippen molar-refractivity contribution >= 4 is 18.0 Å². The highest BCUT2D eigenvalue weighted by atomic mass is 16.3. The lowest BCUT2D eigenvalue weighted by Crippen LogP contribution is -2.65. The van der Waals surface area contributed by atoms with Gasteiger partial charge in [-0.1, -0.05) is 0 Å². The van der Waals surface area contributed by atoms with E-state index in [9.17, 15) is 14.4 Å². The Hall–Kier alpha value is -1.87. The van der Waals surface area contributed by atoms with Crippen LogP contribution in [-0.2, 0) is 4.79 Å². The van der Waals surface area contributed by atoms with E-state index in [0.717, 1.165) is 0 Å². The van der Waals surface area contributed by atoms with Crippen LogP contribution in [0.25, 0.3) is 0 Å². The maximum atomic E-state index is 11.2. The summed E-state index contributed by atoms with van der Waals surface area (Å²) in [7, 11) is 0. The highest BCUT2D eigenvalue weighted by Crippen LogP contribution is 2.05. The minimum Gasteiger partial charge on any atom is -0.391 e. The molecule has 0 bridgehead atoms. The molecule has 1 fully saturated rings. The van der Waals surface area contributed by atoms with E-state index in [4.69, 9.17) is 10.2 Å². The summed E-state index contributed by atoms with van der Waals surface area (Å²) in [6, 6.07) is -1.72. The third-order valence-corrected chi connectivity index (χ3v) is 1.75. The number of amides is 5. The molecule has 1 aliphatic heterocycles. The van der Waals surface area contributed by atoms with Gasteiger partial charge >= 0.3 is 12.1 Å². The summed E-state index contributed by atoms with van der Waals surface area (Å²) in [4.78, 5) is 33.0. The topological polar surface area (TPSA) is 140 Å². The lowest BCUT2D eigenvalue weighted by atomic mass is 10.2. The van der Waals surface area contributed by atoms with Gasteiger partial charge in [0.1, 0.15) is 6.73 Å². The van der Waals surface area contributed by atoms with Crippen LogP contribution in [0.5, 0.6) is 0 Å². The molecule has 1 rings (SSSR count). The number of aliphatic hydroxyl groups excluding tert-OH is 2. The summed E-state index contributed by atoms with van der Waals surface area (Å²) in [5.74, 6) is -0.872. The number of carbonyl (C=O) groups is 3. The van der Waals surface area contributed by atoms with Crippen molar-refractivity contribution in [3.05, 3.63) is 0 Å². The first-order valence-corrected chi connectivity index (χ1v) is 3.95. The number of imide groups is 1. The molecule has 0 saturated carbocycles. The van der Waals surface area contributed by atoms with Crippen LogP contribution < -0.4 is 21.3 Å². The fourth-order valence-electron chi connectivity index (χ4n) is 1.04.